The summed E-state index contributed by atoms with van der Waals surface area (Å²) in [6, 6.07) is 3.67. The highest BCUT2D eigenvalue weighted by atomic mass is 16.1. The Morgan fingerprint density at radius 1 is 1.47 bits per heavy atom. The summed E-state index contributed by atoms with van der Waals surface area (Å²) in [5, 5.41) is 11.1. The van der Waals surface area contributed by atoms with Crippen LogP contribution in [0, 0.1) is 0 Å². The van der Waals surface area contributed by atoms with E-state index in [1.807, 2.05) is 12.1 Å². The van der Waals surface area contributed by atoms with Gasteiger partial charge in [-0.15, -0.1) is 0 Å². The highest BCUT2D eigenvalue weighted by Crippen LogP contribution is 2.21. The Hall–Kier alpha value is -1.91. The normalized spacial score (nSPS) is 15.3. The Labute approximate surface area is 86.1 Å². The molecule has 0 saturated carbocycles. The number of hydrogen-bond donors (Lipinski definition) is 1. The molecular formula is C10H10N4O. The molecule has 1 aliphatic rings. The van der Waals surface area contributed by atoms with Crippen LogP contribution in [0.4, 0.5) is 0 Å². The number of ketones is 1. The van der Waals surface area contributed by atoms with Gasteiger partial charge in [-0.05, 0) is 18.6 Å². The van der Waals surface area contributed by atoms with E-state index >= 15 is 0 Å². The number of hydrogen-bond acceptors (Lipinski definition) is 3. The minimum atomic E-state index is 0.180. The lowest BCUT2D eigenvalue weighted by atomic mass is 10.1. The number of aromatic nitrogens is 4. The summed E-state index contributed by atoms with van der Waals surface area (Å²) in [4.78, 5) is 11.6. The highest BCUT2D eigenvalue weighted by Gasteiger charge is 2.20. The lowest BCUT2D eigenvalue weighted by molar-refractivity contribution is 0.0951. The molecule has 0 saturated heterocycles. The number of carbonyl (C=O) groups excluding carboxylic acids is 1. The molecule has 15 heavy (non-hydrogen) atoms. The van der Waals surface area contributed by atoms with Crippen molar-refractivity contribution in [3.63, 3.8) is 0 Å². The fraction of sp³-hybridized carbons (Fsp3) is 0.300. The summed E-state index contributed by atoms with van der Waals surface area (Å²) < 4.78 is 1.78. The van der Waals surface area contributed by atoms with E-state index in [2.05, 4.69) is 15.3 Å². The van der Waals surface area contributed by atoms with Crippen LogP contribution in [0.15, 0.2) is 18.3 Å². The molecule has 76 valence electrons. The average Bonchev–Trinajstić information content (AvgIpc) is 2.86. The number of Topliss-reactive ketones (excluding diaryl/α,β-unsaturated/α-hetero) is 1. The SMILES string of the molecule is O=C1CCCn2nc(-c3ccn[nH]3)cc21. The molecule has 0 radical (unpaired) electrons. The van der Waals surface area contributed by atoms with E-state index in [1.54, 1.807) is 10.9 Å². The van der Waals surface area contributed by atoms with Crippen LogP contribution in [0.5, 0.6) is 0 Å². The lowest BCUT2D eigenvalue weighted by Crippen LogP contribution is -2.16. The molecule has 0 amide bonds. The van der Waals surface area contributed by atoms with Gasteiger partial charge in [0, 0.05) is 19.2 Å². The van der Waals surface area contributed by atoms with Gasteiger partial charge in [0.1, 0.15) is 11.4 Å². The van der Waals surface area contributed by atoms with Crippen LogP contribution in [-0.2, 0) is 6.54 Å². The Bertz CT molecular complexity index is 497. The Morgan fingerprint density at radius 2 is 2.40 bits per heavy atom. The van der Waals surface area contributed by atoms with Crippen molar-refractivity contribution in [2.45, 2.75) is 19.4 Å². The zero-order chi connectivity index (χ0) is 10.3. The number of rotatable bonds is 1. The van der Waals surface area contributed by atoms with Gasteiger partial charge in [0.25, 0.3) is 0 Å². The second kappa shape index (κ2) is 3.05. The van der Waals surface area contributed by atoms with Gasteiger partial charge >= 0.3 is 0 Å². The Kier molecular flexibility index (Phi) is 1.71. The van der Waals surface area contributed by atoms with E-state index < -0.39 is 0 Å². The third kappa shape index (κ3) is 1.27. The maximum Gasteiger partial charge on any atom is 0.180 e. The third-order valence-corrected chi connectivity index (χ3v) is 2.62. The zero-order valence-corrected chi connectivity index (χ0v) is 8.10. The number of fused-ring (bicyclic) bond motifs is 1. The van der Waals surface area contributed by atoms with Crippen LogP contribution in [0.2, 0.25) is 0 Å². The number of aromatic amines is 1. The van der Waals surface area contributed by atoms with E-state index in [0.717, 1.165) is 24.4 Å². The van der Waals surface area contributed by atoms with Gasteiger partial charge in [-0.25, -0.2) is 0 Å². The average molecular weight is 202 g/mol. The fourth-order valence-electron chi connectivity index (χ4n) is 1.86. The Balaban J connectivity index is 2.09. The summed E-state index contributed by atoms with van der Waals surface area (Å²) in [6.07, 6.45) is 3.19. The molecule has 0 atom stereocenters. The molecule has 0 unspecified atom stereocenters. The zero-order valence-electron chi connectivity index (χ0n) is 8.10. The number of carbonyl (C=O) groups is 1. The largest absolute Gasteiger partial charge is 0.292 e. The smallest absolute Gasteiger partial charge is 0.180 e. The van der Waals surface area contributed by atoms with E-state index in [0.29, 0.717) is 12.1 Å². The molecule has 2 aromatic heterocycles. The lowest BCUT2D eigenvalue weighted by Gasteiger charge is -2.10. The van der Waals surface area contributed by atoms with E-state index in [9.17, 15) is 4.79 Å². The fourth-order valence-corrected chi connectivity index (χ4v) is 1.86. The van der Waals surface area contributed by atoms with Gasteiger partial charge in [-0.3, -0.25) is 14.6 Å². The molecule has 0 bridgehead atoms. The van der Waals surface area contributed by atoms with Crippen molar-refractivity contribution < 1.29 is 4.79 Å². The van der Waals surface area contributed by atoms with Gasteiger partial charge in [0.15, 0.2) is 5.78 Å². The molecule has 0 spiro atoms. The van der Waals surface area contributed by atoms with Gasteiger partial charge < -0.3 is 0 Å². The summed E-state index contributed by atoms with van der Waals surface area (Å²) >= 11 is 0. The first-order valence-corrected chi connectivity index (χ1v) is 4.95. The molecule has 1 N–H and O–H groups in total. The van der Waals surface area contributed by atoms with Crippen molar-refractivity contribution in [3.05, 3.63) is 24.0 Å². The van der Waals surface area contributed by atoms with Crippen LogP contribution >= 0.6 is 0 Å². The predicted octanol–water partition coefficient (Wildman–Crippen LogP) is 1.25. The predicted molar refractivity (Wildman–Crippen MR) is 53.4 cm³/mol. The molecule has 0 aromatic carbocycles. The van der Waals surface area contributed by atoms with Crippen LogP contribution < -0.4 is 0 Å². The third-order valence-electron chi connectivity index (χ3n) is 2.62. The quantitative estimate of drug-likeness (QED) is 0.756. The van der Waals surface area contributed by atoms with Crippen molar-refractivity contribution in [1.82, 2.24) is 20.0 Å². The number of aryl methyl sites for hydroxylation is 1. The number of H-pyrrole nitrogens is 1. The monoisotopic (exact) mass is 202 g/mol. The van der Waals surface area contributed by atoms with Crippen molar-refractivity contribution in [1.29, 1.82) is 0 Å². The van der Waals surface area contributed by atoms with E-state index in [-0.39, 0.29) is 5.78 Å². The van der Waals surface area contributed by atoms with Crippen LogP contribution in [0.1, 0.15) is 23.3 Å². The second-order valence-electron chi connectivity index (χ2n) is 3.64. The van der Waals surface area contributed by atoms with Crippen molar-refractivity contribution in [2.24, 2.45) is 0 Å². The van der Waals surface area contributed by atoms with Crippen LogP contribution in [-0.4, -0.2) is 25.8 Å². The van der Waals surface area contributed by atoms with E-state index in [4.69, 9.17) is 0 Å². The first kappa shape index (κ1) is 8.40. The highest BCUT2D eigenvalue weighted by molar-refractivity contribution is 5.95. The van der Waals surface area contributed by atoms with Gasteiger partial charge in [0.05, 0.1) is 5.69 Å². The molecule has 5 nitrogen and oxygen atoms in total. The van der Waals surface area contributed by atoms with Gasteiger partial charge in [-0.1, -0.05) is 0 Å². The van der Waals surface area contributed by atoms with Crippen molar-refractivity contribution in [2.75, 3.05) is 0 Å². The number of nitrogens with zero attached hydrogens (tertiary/aromatic N) is 3. The summed E-state index contributed by atoms with van der Waals surface area (Å²) in [6.45, 7) is 0.829. The standard InChI is InChI=1S/C10H10N4O/c15-10-2-1-5-14-9(10)6-8(13-14)7-3-4-11-12-7/h3-4,6H,1-2,5H2,(H,11,12). The molecule has 3 rings (SSSR count). The first-order chi connectivity index (χ1) is 7.34. The molecule has 1 aliphatic heterocycles. The molecular weight excluding hydrogens is 192 g/mol. The maximum atomic E-state index is 11.6. The minimum Gasteiger partial charge on any atom is -0.292 e. The minimum absolute atomic E-state index is 0.180. The molecule has 0 aliphatic carbocycles. The molecule has 5 heteroatoms. The molecule has 0 fully saturated rings. The van der Waals surface area contributed by atoms with Gasteiger partial charge in [0.2, 0.25) is 0 Å². The molecule has 3 heterocycles. The number of nitrogens with one attached hydrogen (secondary N) is 1. The van der Waals surface area contributed by atoms with E-state index in [1.165, 1.54) is 0 Å². The van der Waals surface area contributed by atoms with Crippen molar-refractivity contribution in [3.8, 4) is 11.4 Å². The van der Waals surface area contributed by atoms with Crippen LogP contribution in [0.25, 0.3) is 11.4 Å². The molecule has 2 aromatic rings. The van der Waals surface area contributed by atoms with Crippen molar-refractivity contribution >= 4 is 5.78 Å². The maximum absolute atomic E-state index is 11.6. The second-order valence-corrected chi connectivity index (χ2v) is 3.64. The Morgan fingerprint density at radius 3 is 3.13 bits per heavy atom. The summed E-state index contributed by atoms with van der Waals surface area (Å²) in [5.41, 5.74) is 2.35. The summed E-state index contributed by atoms with van der Waals surface area (Å²) in [7, 11) is 0. The van der Waals surface area contributed by atoms with Gasteiger partial charge in [-0.2, -0.15) is 10.2 Å². The topological polar surface area (TPSA) is 63.6 Å². The first-order valence-electron chi connectivity index (χ1n) is 4.95. The van der Waals surface area contributed by atoms with Crippen LogP contribution in [0.3, 0.4) is 0 Å². The summed E-state index contributed by atoms with van der Waals surface area (Å²) in [5.74, 6) is 0.180.